The molecule has 0 spiro atoms. The first kappa shape index (κ1) is 14.1. The van der Waals surface area contributed by atoms with E-state index in [1.54, 1.807) is 24.3 Å². The van der Waals surface area contributed by atoms with Crippen LogP contribution >= 0.6 is 0 Å². The van der Waals surface area contributed by atoms with Gasteiger partial charge in [0.05, 0.1) is 0 Å². The Morgan fingerprint density at radius 3 is 2.35 bits per heavy atom. The van der Waals surface area contributed by atoms with Crippen molar-refractivity contribution in [3.8, 4) is 11.5 Å². The predicted octanol–water partition coefficient (Wildman–Crippen LogP) is 3.19. The van der Waals surface area contributed by atoms with Gasteiger partial charge in [0.2, 0.25) is 0 Å². The summed E-state index contributed by atoms with van der Waals surface area (Å²) in [5, 5.41) is 12.2. The fourth-order valence-corrected chi connectivity index (χ4v) is 1.55. The van der Waals surface area contributed by atoms with Crippen molar-refractivity contribution in [2.45, 2.75) is 19.4 Å². The molecule has 0 radical (unpaired) electrons. The van der Waals surface area contributed by atoms with E-state index < -0.39 is 11.5 Å². The Bertz CT molecular complexity index is 588. The number of benzene rings is 2. The van der Waals surface area contributed by atoms with Gasteiger partial charge in [-0.2, -0.15) is 0 Å². The molecule has 2 aromatic rings. The van der Waals surface area contributed by atoms with Crippen LogP contribution in [0, 0.1) is 0 Å². The fraction of sp³-hybridized carbons (Fsp3) is 0.188. The van der Waals surface area contributed by atoms with Gasteiger partial charge >= 0.3 is 0 Å². The summed E-state index contributed by atoms with van der Waals surface area (Å²) in [7, 11) is 0. The van der Waals surface area contributed by atoms with E-state index in [0.29, 0.717) is 11.4 Å². The molecular weight excluding hydrogens is 254 g/mol. The number of amides is 1. The molecule has 4 nitrogen and oxygen atoms in total. The SMILES string of the molecule is CC(C)(O)C(=O)Nc1cccc(Oc2ccccc2)c1. The second-order valence-electron chi connectivity index (χ2n) is 4.96. The molecule has 20 heavy (non-hydrogen) atoms. The zero-order chi connectivity index (χ0) is 14.6. The molecule has 0 atom stereocenters. The lowest BCUT2D eigenvalue weighted by molar-refractivity contribution is -0.130. The number of nitrogens with one attached hydrogen (secondary N) is 1. The van der Waals surface area contributed by atoms with Crippen molar-refractivity contribution in [3.63, 3.8) is 0 Å². The monoisotopic (exact) mass is 271 g/mol. The average Bonchev–Trinajstić information content (AvgIpc) is 2.39. The van der Waals surface area contributed by atoms with Crippen LogP contribution in [0.3, 0.4) is 0 Å². The minimum absolute atomic E-state index is 0.464. The highest BCUT2D eigenvalue weighted by Crippen LogP contribution is 2.24. The largest absolute Gasteiger partial charge is 0.457 e. The smallest absolute Gasteiger partial charge is 0.255 e. The van der Waals surface area contributed by atoms with Crippen LogP contribution in [0.15, 0.2) is 54.6 Å². The molecule has 0 saturated carbocycles. The van der Waals surface area contributed by atoms with Gasteiger partial charge in [-0.1, -0.05) is 24.3 Å². The Morgan fingerprint density at radius 2 is 1.70 bits per heavy atom. The number of hydrogen-bond acceptors (Lipinski definition) is 3. The summed E-state index contributed by atoms with van der Waals surface area (Å²) in [6.07, 6.45) is 0. The van der Waals surface area contributed by atoms with Crippen LogP contribution in [0.1, 0.15) is 13.8 Å². The highest BCUT2D eigenvalue weighted by Gasteiger charge is 2.23. The van der Waals surface area contributed by atoms with E-state index in [1.807, 2.05) is 30.3 Å². The quantitative estimate of drug-likeness (QED) is 0.897. The molecule has 0 aliphatic carbocycles. The van der Waals surface area contributed by atoms with Crippen LogP contribution < -0.4 is 10.1 Å². The van der Waals surface area contributed by atoms with Crippen molar-refractivity contribution >= 4 is 11.6 Å². The van der Waals surface area contributed by atoms with E-state index in [4.69, 9.17) is 4.74 Å². The average molecular weight is 271 g/mol. The molecule has 0 heterocycles. The third-order valence-corrected chi connectivity index (χ3v) is 2.63. The molecule has 2 N–H and O–H groups in total. The lowest BCUT2D eigenvalue weighted by Gasteiger charge is -2.17. The third-order valence-electron chi connectivity index (χ3n) is 2.63. The molecule has 4 heteroatoms. The molecular formula is C16H17NO3. The maximum absolute atomic E-state index is 11.7. The first-order valence-electron chi connectivity index (χ1n) is 6.32. The van der Waals surface area contributed by atoms with Gasteiger partial charge in [-0.15, -0.1) is 0 Å². The Kier molecular flexibility index (Phi) is 4.05. The van der Waals surface area contributed by atoms with Gasteiger partial charge in [0.1, 0.15) is 17.1 Å². The van der Waals surface area contributed by atoms with Gasteiger partial charge in [0.25, 0.3) is 5.91 Å². The number of ether oxygens (including phenoxy) is 1. The van der Waals surface area contributed by atoms with E-state index >= 15 is 0 Å². The van der Waals surface area contributed by atoms with Gasteiger partial charge in [-0.25, -0.2) is 0 Å². The second-order valence-corrected chi connectivity index (χ2v) is 4.96. The third kappa shape index (κ3) is 3.83. The van der Waals surface area contributed by atoms with Crippen LogP contribution in [0.4, 0.5) is 5.69 Å². The molecule has 2 rings (SSSR count). The maximum atomic E-state index is 11.7. The van der Waals surface area contributed by atoms with E-state index in [0.717, 1.165) is 5.75 Å². The Hall–Kier alpha value is -2.33. The van der Waals surface area contributed by atoms with Gasteiger partial charge in [-0.05, 0) is 38.1 Å². The first-order chi connectivity index (χ1) is 9.45. The summed E-state index contributed by atoms with van der Waals surface area (Å²) in [5.41, 5.74) is -0.846. The number of para-hydroxylation sites is 1. The topological polar surface area (TPSA) is 58.6 Å². The van der Waals surface area contributed by atoms with Crippen LogP contribution in [-0.2, 0) is 4.79 Å². The summed E-state index contributed by atoms with van der Waals surface area (Å²) in [6.45, 7) is 2.87. The lowest BCUT2D eigenvalue weighted by Crippen LogP contribution is -2.36. The van der Waals surface area contributed by atoms with Gasteiger partial charge in [0, 0.05) is 11.8 Å². The van der Waals surface area contributed by atoms with E-state index in [1.165, 1.54) is 13.8 Å². The minimum Gasteiger partial charge on any atom is -0.457 e. The van der Waals surface area contributed by atoms with Crippen LogP contribution in [0.25, 0.3) is 0 Å². The van der Waals surface area contributed by atoms with Crippen molar-refractivity contribution in [1.82, 2.24) is 0 Å². The summed E-state index contributed by atoms with van der Waals surface area (Å²) in [4.78, 5) is 11.7. The summed E-state index contributed by atoms with van der Waals surface area (Å²) in [6, 6.07) is 16.4. The molecule has 0 unspecified atom stereocenters. The van der Waals surface area contributed by atoms with Gasteiger partial charge < -0.3 is 15.2 Å². The molecule has 0 bridgehead atoms. The van der Waals surface area contributed by atoms with Crippen LogP contribution in [0.5, 0.6) is 11.5 Å². The van der Waals surface area contributed by atoms with Crippen molar-refractivity contribution in [2.75, 3.05) is 5.32 Å². The number of aliphatic hydroxyl groups is 1. The number of anilines is 1. The Balaban J connectivity index is 2.10. The standard InChI is InChI=1S/C16H17NO3/c1-16(2,19)15(18)17-12-7-6-10-14(11-12)20-13-8-4-3-5-9-13/h3-11,19H,1-2H3,(H,17,18). The van der Waals surface area contributed by atoms with Crippen molar-refractivity contribution in [3.05, 3.63) is 54.6 Å². The predicted molar refractivity (Wildman–Crippen MR) is 77.9 cm³/mol. The maximum Gasteiger partial charge on any atom is 0.255 e. The van der Waals surface area contributed by atoms with Gasteiger partial charge in [0.15, 0.2) is 0 Å². The second kappa shape index (κ2) is 5.75. The van der Waals surface area contributed by atoms with Crippen molar-refractivity contribution < 1.29 is 14.6 Å². The van der Waals surface area contributed by atoms with E-state index in [9.17, 15) is 9.90 Å². The fourth-order valence-electron chi connectivity index (χ4n) is 1.55. The van der Waals surface area contributed by atoms with Crippen molar-refractivity contribution in [2.24, 2.45) is 0 Å². The molecule has 0 aliphatic heterocycles. The van der Waals surface area contributed by atoms with Crippen LogP contribution in [0.2, 0.25) is 0 Å². The minimum atomic E-state index is -1.42. The number of rotatable bonds is 4. The lowest BCUT2D eigenvalue weighted by atomic mass is 10.1. The van der Waals surface area contributed by atoms with E-state index in [-0.39, 0.29) is 0 Å². The summed E-state index contributed by atoms with van der Waals surface area (Å²) >= 11 is 0. The molecule has 2 aromatic carbocycles. The Labute approximate surface area is 118 Å². The summed E-state index contributed by atoms with van der Waals surface area (Å²) < 4.78 is 5.67. The molecule has 1 amide bonds. The van der Waals surface area contributed by atoms with Crippen molar-refractivity contribution in [1.29, 1.82) is 0 Å². The van der Waals surface area contributed by atoms with E-state index in [2.05, 4.69) is 5.32 Å². The summed E-state index contributed by atoms with van der Waals surface area (Å²) in [5.74, 6) is 0.873. The number of carbonyl (C=O) groups is 1. The molecule has 0 aromatic heterocycles. The number of hydrogen-bond donors (Lipinski definition) is 2. The zero-order valence-corrected chi connectivity index (χ0v) is 11.5. The Morgan fingerprint density at radius 1 is 1.05 bits per heavy atom. The first-order valence-corrected chi connectivity index (χ1v) is 6.32. The highest BCUT2D eigenvalue weighted by molar-refractivity contribution is 5.96. The molecule has 0 fully saturated rings. The van der Waals surface area contributed by atoms with Gasteiger partial charge in [-0.3, -0.25) is 4.79 Å². The molecule has 0 saturated heterocycles. The van der Waals surface area contributed by atoms with Crippen LogP contribution in [-0.4, -0.2) is 16.6 Å². The number of carbonyl (C=O) groups excluding carboxylic acids is 1. The normalized spacial score (nSPS) is 10.9. The molecule has 104 valence electrons. The zero-order valence-electron chi connectivity index (χ0n) is 11.5. The highest BCUT2D eigenvalue weighted by atomic mass is 16.5. The molecule has 0 aliphatic rings.